The number of sulfone groups is 1. The Morgan fingerprint density at radius 2 is 1.81 bits per heavy atom. The highest BCUT2D eigenvalue weighted by molar-refractivity contribution is 7.90. The number of aliphatic hydroxyl groups is 1. The molecule has 0 heterocycles. The minimum atomic E-state index is -3.32. The molecule has 1 aromatic carbocycles. The van der Waals surface area contributed by atoms with Gasteiger partial charge in [-0.05, 0) is 24.3 Å². The number of hydrogen-bond acceptors (Lipinski definition) is 5. The van der Waals surface area contributed by atoms with E-state index in [2.05, 4.69) is 10.6 Å². The third-order valence-corrected chi connectivity index (χ3v) is 3.69. The maximum Gasteiger partial charge on any atom is 0.326 e. The summed E-state index contributed by atoms with van der Waals surface area (Å²) in [6.45, 7) is -0.375. The number of aliphatic carboxylic acids is 1. The quantitative estimate of drug-likeness (QED) is 0.586. The average molecular weight is 316 g/mol. The number of benzene rings is 1. The summed E-state index contributed by atoms with van der Waals surface area (Å²) in [4.78, 5) is 22.5. The van der Waals surface area contributed by atoms with E-state index < -0.39 is 27.9 Å². The first kappa shape index (κ1) is 16.9. The van der Waals surface area contributed by atoms with Gasteiger partial charge in [-0.2, -0.15) is 0 Å². The monoisotopic (exact) mass is 316 g/mol. The Morgan fingerprint density at radius 1 is 1.24 bits per heavy atom. The zero-order valence-electron chi connectivity index (χ0n) is 11.2. The van der Waals surface area contributed by atoms with Crippen molar-refractivity contribution >= 4 is 27.5 Å². The summed E-state index contributed by atoms with van der Waals surface area (Å²) in [5.74, 6) is -1.26. The number of rotatable bonds is 6. The van der Waals surface area contributed by atoms with Crippen LogP contribution in [-0.2, 0) is 14.6 Å². The summed E-state index contributed by atoms with van der Waals surface area (Å²) >= 11 is 0. The topological polar surface area (TPSA) is 133 Å². The predicted octanol–water partition coefficient (Wildman–Crippen LogP) is 0.0472. The molecule has 0 radical (unpaired) electrons. The van der Waals surface area contributed by atoms with Gasteiger partial charge in [-0.25, -0.2) is 18.0 Å². The molecule has 1 unspecified atom stereocenters. The fraction of sp³-hybridized carbons (Fsp3) is 0.333. The van der Waals surface area contributed by atoms with Crippen LogP contribution in [-0.4, -0.2) is 49.5 Å². The third kappa shape index (κ3) is 5.40. The zero-order valence-corrected chi connectivity index (χ0v) is 12.1. The van der Waals surface area contributed by atoms with E-state index in [1.54, 1.807) is 0 Å². The molecule has 1 atom stereocenters. The minimum absolute atomic E-state index is 0.108. The molecular formula is C12H16N2O6S. The van der Waals surface area contributed by atoms with Crippen LogP contribution >= 0.6 is 0 Å². The number of carboxylic acid groups (broad SMARTS) is 1. The molecule has 21 heavy (non-hydrogen) atoms. The van der Waals surface area contributed by atoms with E-state index in [9.17, 15) is 18.0 Å². The van der Waals surface area contributed by atoms with Crippen LogP contribution in [0.25, 0.3) is 0 Å². The predicted molar refractivity (Wildman–Crippen MR) is 74.8 cm³/mol. The Morgan fingerprint density at radius 3 is 2.24 bits per heavy atom. The van der Waals surface area contributed by atoms with Gasteiger partial charge in [0.15, 0.2) is 9.84 Å². The first-order valence-corrected chi connectivity index (χ1v) is 7.84. The van der Waals surface area contributed by atoms with E-state index in [1.807, 2.05) is 0 Å². The van der Waals surface area contributed by atoms with Crippen molar-refractivity contribution in [3.05, 3.63) is 24.3 Å². The van der Waals surface area contributed by atoms with Crippen molar-refractivity contribution in [3.8, 4) is 0 Å². The Bertz CT molecular complexity index is 611. The molecule has 0 bridgehead atoms. The SMILES string of the molecule is CS(=O)(=O)c1ccc(NC(=O)NC(CCO)C(=O)O)cc1. The number of carboxylic acids is 1. The summed E-state index contributed by atoms with van der Waals surface area (Å²) in [6, 6.07) is 3.46. The number of amides is 2. The molecule has 1 rings (SSSR count). The van der Waals surface area contributed by atoms with E-state index in [4.69, 9.17) is 10.2 Å². The number of carbonyl (C=O) groups excluding carboxylic acids is 1. The molecule has 2 amide bonds. The van der Waals surface area contributed by atoms with Crippen LogP contribution in [0.2, 0.25) is 0 Å². The second kappa shape index (κ2) is 7.04. The van der Waals surface area contributed by atoms with Gasteiger partial charge in [-0.1, -0.05) is 0 Å². The molecule has 4 N–H and O–H groups in total. The van der Waals surface area contributed by atoms with Gasteiger partial charge in [0.25, 0.3) is 0 Å². The molecule has 116 valence electrons. The fourth-order valence-electron chi connectivity index (χ4n) is 1.50. The van der Waals surface area contributed by atoms with Crippen LogP contribution in [0.1, 0.15) is 6.42 Å². The molecule has 0 saturated heterocycles. The lowest BCUT2D eigenvalue weighted by Gasteiger charge is -2.14. The number of nitrogens with one attached hydrogen (secondary N) is 2. The number of hydrogen-bond donors (Lipinski definition) is 4. The number of anilines is 1. The Balaban J connectivity index is 2.68. The molecule has 0 aliphatic heterocycles. The molecule has 0 aliphatic rings. The van der Waals surface area contributed by atoms with Gasteiger partial charge >= 0.3 is 12.0 Å². The van der Waals surface area contributed by atoms with Gasteiger partial charge in [0, 0.05) is 25.0 Å². The van der Waals surface area contributed by atoms with Gasteiger partial charge in [0.2, 0.25) is 0 Å². The van der Waals surface area contributed by atoms with Gasteiger partial charge in [-0.3, -0.25) is 0 Å². The van der Waals surface area contributed by atoms with Crippen LogP contribution < -0.4 is 10.6 Å². The number of carbonyl (C=O) groups is 2. The Kier molecular flexibility index (Phi) is 5.68. The van der Waals surface area contributed by atoms with Crippen molar-refractivity contribution in [2.24, 2.45) is 0 Å². The molecule has 0 aliphatic carbocycles. The number of urea groups is 1. The molecule has 9 heteroatoms. The average Bonchev–Trinajstić information content (AvgIpc) is 2.37. The molecule has 0 spiro atoms. The molecule has 0 fully saturated rings. The normalized spacial score (nSPS) is 12.5. The first-order chi connectivity index (χ1) is 9.74. The summed E-state index contributed by atoms with van der Waals surface area (Å²) in [7, 11) is -3.32. The standard InChI is InChI=1S/C12H16N2O6S/c1-21(19,20)9-4-2-8(3-5-9)13-12(18)14-10(6-7-15)11(16)17/h2-5,10,15H,6-7H2,1H3,(H,16,17)(H2,13,14,18). The Hall–Kier alpha value is -2.13. The van der Waals surface area contributed by atoms with Crippen LogP contribution in [0, 0.1) is 0 Å². The maximum atomic E-state index is 11.6. The molecule has 8 nitrogen and oxygen atoms in total. The lowest BCUT2D eigenvalue weighted by atomic mass is 10.2. The van der Waals surface area contributed by atoms with Crippen molar-refractivity contribution in [3.63, 3.8) is 0 Å². The molecule has 0 aromatic heterocycles. The smallest absolute Gasteiger partial charge is 0.326 e. The number of aliphatic hydroxyl groups excluding tert-OH is 1. The van der Waals surface area contributed by atoms with E-state index in [1.165, 1.54) is 24.3 Å². The van der Waals surface area contributed by atoms with Gasteiger partial charge in [-0.15, -0.1) is 0 Å². The maximum absolute atomic E-state index is 11.6. The highest BCUT2D eigenvalue weighted by atomic mass is 32.2. The summed E-state index contributed by atoms with van der Waals surface area (Å²) < 4.78 is 22.5. The zero-order chi connectivity index (χ0) is 16.0. The highest BCUT2D eigenvalue weighted by Gasteiger charge is 2.19. The Labute approximate surface area is 121 Å². The van der Waals surface area contributed by atoms with E-state index in [0.29, 0.717) is 5.69 Å². The van der Waals surface area contributed by atoms with Gasteiger partial charge in [0.05, 0.1) is 4.90 Å². The largest absolute Gasteiger partial charge is 0.480 e. The minimum Gasteiger partial charge on any atom is -0.480 e. The fourth-order valence-corrected chi connectivity index (χ4v) is 2.13. The van der Waals surface area contributed by atoms with Crippen LogP contribution in [0.4, 0.5) is 10.5 Å². The van der Waals surface area contributed by atoms with Gasteiger partial charge < -0.3 is 20.8 Å². The van der Waals surface area contributed by atoms with E-state index in [-0.39, 0.29) is 17.9 Å². The lowest BCUT2D eigenvalue weighted by molar-refractivity contribution is -0.139. The van der Waals surface area contributed by atoms with E-state index >= 15 is 0 Å². The summed E-state index contributed by atoms with van der Waals surface area (Å²) in [5, 5.41) is 22.1. The highest BCUT2D eigenvalue weighted by Crippen LogP contribution is 2.13. The van der Waals surface area contributed by atoms with E-state index in [0.717, 1.165) is 6.26 Å². The van der Waals surface area contributed by atoms with Crippen molar-refractivity contribution in [2.45, 2.75) is 17.4 Å². The molecule has 1 aromatic rings. The van der Waals surface area contributed by atoms with Crippen molar-refractivity contribution in [1.82, 2.24) is 5.32 Å². The van der Waals surface area contributed by atoms with Crippen molar-refractivity contribution in [1.29, 1.82) is 0 Å². The molecule has 0 saturated carbocycles. The first-order valence-electron chi connectivity index (χ1n) is 5.95. The second-order valence-corrected chi connectivity index (χ2v) is 6.31. The van der Waals surface area contributed by atoms with Crippen LogP contribution in [0.5, 0.6) is 0 Å². The van der Waals surface area contributed by atoms with Crippen LogP contribution in [0.15, 0.2) is 29.2 Å². The summed E-state index contributed by atoms with van der Waals surface area (Å²) in [5.41, 5.74) is 0.313. The van der Waals surface area contributed by atoms with Crippen LogP contribution in [0.3, 0.4) is 0 Å². The van der Waals surface area contributed by atoms with Gasteiger partial charge in [0.1, 0.15) is 6.04 Å². The van der Waals surface area contributed by atoms with Crippen molar-refractivity contribution in [2.75, 3.05) is 18.2 Å². The lowest BCUT2D eigenvalue weighted by Crippen LogP contribution is -2.43. The summed E-state index contributed by atoms with van der Waals surface area (Å²) in [6.07, 6.45) is 0.949. The molecular weight excluding hydrogens is 300 g/mol. The van der Waals surface area contributed by atoms with Crippen molar-refractivity contribution < 1.29 is 28.2 Å². The third-order valence-electron chi connectivity index (χ3n) is 2.56. The second-order valence-electron chi connectivity index (χ2n) is 4.30.